The van der Waals surface area contributed by atoms with Crippen LogP contribution in [-0.4, -0.2) is 30.1 Å². The number of methoxy groups -OCH3 is 1. The van der Waals surface area contributed by atoms with Crippen molar-refractivity contribution in [2.45, 2.75) is 15.6 Å². The Morgan fingerprint density at radius 1 is 1.19 bits per heavy atom. The quantitative estimate of drug-likeness (QED) is 0.611. The number of rotatable bonds is 5. The monoisotopic (exact) mass is 472 g/mol. The zero-order valence-electron chi connectivity index (χ0n) is 14.4. The molecule has 0 bridgehead atoms. The number of imidazole rings is 1. The first-order chi connectivity index (χ1) is 11.4. The fourth-order valence-electron chi connectivity index (χ4n) is 2.18. The maximum atomic E-state index is 12.9. The minimum atomic E-state index is -3.70. The molecule has 0 spiro atoms. The van der Waals surface area contributed by atoms with E-state index in [1.54, 1.807) is 23.0 Å². The summed E-state index contributed by atoms with van der Waals surface area (Å²) in [7, 11) is -0.358. The van der Waals surface area contributed by atoms with Gasteiger partial charge in [0.05, 0.1) is 30.2 Å². The van der Waals surface area contributed by atoms with E-state index in [-0.39, 0.29) is 52.9 Å². The molecule has 7 nitrogen and oxygen atoms in total. The van der Waals surface area contributed by atoms with E-state index in [4.69, 9.17) is 10.5 Å². The van der Waals surface area contributed by atoms with Crippen LogP contribution in [0.2, 0.25) is 0 Å². The average Bonchev–Trinajstić information content (AvgIpc) is 3.23. The van der Waals surface area contributed by atoms with E-state index in [0.29, 0.717) is 22.0 Å². The highest BCUT2D eigenvalue weighted by atomic mass is 35.5. The van der Waals surface area contributed by atoms with Gasteiger partial charge in [-0.25, -0.2) is 18.4 Å². The molecule has 2 heterocycles. The molecule has 0 aliphatic carbocycles. The lowest BCUT2D eigenvalue weighted by atomic mass is 10.1. The summed E-state index contributed by atoms with van der Waals surface area (Å²) in [5.41, 5.74) is 6.85. The Balaban J connectivity index is 0.00000225. The lowest BCUT2D eigenvalue weighted by Crippen LogP contribution is -2.01. The molecule has 3 aromatic rings. The van der Waals surface area contributed by atoms with Gasteiger partial charge in [-0.2, -0.15) is 0 Å². The van der Waals surface area contributed by atoms with Crippen molar-refractivity contribution in [2.75, 3.05) is 7.11 Å². The highest BCUT2D eigenvalue weighted by molar-refractivity contribution is 7.93. The van der Waals surface area contributed by atoms with E-state index in [2.05, 4.69) is 9.97 Å². The van der Waals surface area contributed by atoms with Crippen LogP contribution in [0, 0.1) is 0 Å². The maximum absolute atomic E-state index is 12.9. The van der Waals surface area contributed by atoms with Gasteiger partial charge < -0.3 is 15.0 Å². The summed E-state index contributed by atoms with van der Waals surface area (Å²) in [6, 6.07) is 4.82. The van der Waals surface area contributed by atoms with E-state index in [0.717, 1.165) is 11.3 Å². The third kappa shape index (κ3) is 5.34. The van der Waals surface area contributed by atoms with Crippen LogP contribution >= 0.6 is 48.6 Å². The molecule has 0 aliphatic rings. The number of thiazole rings is 1. The minimum absolute atomic E-state index is 0. The Morgan fingerprint density at radius 2 is 1.89 bits per heavy atom. The predicted molar refractivity (Wildman–Crippen MR) is 112 cm³/mol. The maximum Gasteiger partial charge on any atom is 0.217 e. The normalized spacial score (nSPS) is 10.3. The van der Waals surface area contributed by atoms with E-state index in [1.807, 2.05) is 13.2 Å². The van der Waals surface area contributed by atoms with Gasteiger partial charge in [0.15, 0.2) is 0 Å². The molecule has 27 heavy (non-hydrogen) atoms. The number of hydrogen-bond acceptors (Lipinski definition) is 7. The van der Waals surface area contributed by atoms with Gasteiger partial charge >= 0.3 is 0 Å². The number of aryl methyl sites for hydroxylation is 1. The van der Waals surface area contributed by atoms with E-state index < -0.39 is 9.84 Å². The summed E-state index contributed by atoms with van der Waals surface area (Å²) in [5, 5.41) is 0.571. The minimum Gasteiger partial charge on any atom is -0.497 e. The molecule has 2 aromatic heterocycles. The summed E-state index contributed by atoms with van der Waals surface area (Å²) in [6.45, 7) is 0.206. The molecule has 0 amide bonds. The molecule has 0 atom stereocenters. The first-order valence-corrected chi connectivity index (χ1v) is 9.31. The van der Waals surface area contributed by atoms with Crippen molar-refractivity contribution < 1.29 is 13.2 Å². The van der Waals surface area contributed by atoms with Crippen molar-refractivity contribution in [2.24, 2.45) is 12.8 Å². The molecule has 2 N–H and O–H groups in total. The SMILES string of the molecule is COc1cc(-c2cn(C)cn2)cc(S(=O)(=O)c2cnc(CN)s2)c1.Cl.Cl.Cl. The molecular formula is C15H19Cl3N4O3S2. The van der Waals surface area contributed by atoms with Crippen LogP contribution in [0.15, 0.2) is 46.0 Å². The van der Waals surface area contributed by atoms with Crippen molar-refractivity contribution in [3.05, 3.63) is 41.9 Å². The number of nitrogens with two attached hydrogens (primary N) is 1. The second kappa shape index (κ2) is 10.3. The topological polar surface area (TPSA) is 100 Å². The molecular weight excluding hydrogens is 455 g/mol. The highest BCUT2D eigenvalue weighted by Gasteiger charge is 2.23. The van der Waals surface area contributed by atoms with Crippen LogP contribution in [0.3, 0.4) is 0 Å². The van der Waals surface area contributed by atoms with Gasteiger partial charge in [0, 0.05) is 25.4 Å². The van der Waals surface area contributed by atoms with Gasteiger partial charge in [0.2, 0.25) is 9.84 Å². The van der Waals surface area contributed by atoms with Gasteiger partial charge in [0.25, 0.3) is 0 Å². The first-order valence-electron chi connectivity index (χ1n) is 7.01. The van der Waals surface area contributed by atoms with Crippen LogP contribution in [0.5, 0.6) is 5.75 Å². The van der Waals surface area contributed by atoms with Crippen molar-refractivity contribution in [1.82, 2.24) is 14.5 Å². The number of aromatic nitrogens is 3. The van der Waals surface area contributed by atoms with Gasteiger partial charge in [-0.15, -0.1) is 48.6 Å². The third-order valence-corrected chi connectivity index (χ3v) is 6.61. The molecule has 0 saturated carbocycles. The first kappa shape index (κ1) is 25.6. The summed E-state index contributed by atoms with van der Waals surface area (Å²) in [4.78, 5) is 8.42. The molecule has 150 valence electrons. The lowest BCUT2D eigenvalue weighted by molar-refractivity contribution is 0.413. The zero-order chi connectivity index (χ0) is 17.3. The van der Waals surface area contributed by atoms with Gasteiger partial charge in [-0.1, -0.05) is 0 Å². The molecule has 3 rings (SSSR count). The van der Waals surface area contributed by atoms with Crippen molar-refractivity contribution in [3.63, 3.8) is 0 Å². The smallest absolute Gasteiger partial charge is 0.217 e. The zero-order valence-corrected chi connectivity index (χ0v) is 18.4. The Labute approximate surface area is 180 Å². The number of halogens is 3. The third-order valence-electron chi connectivity index (χ3n) is 3.40. The summed E-state index contributed by atoms with van der Waals surface area (Å²) >= 11 is 1.07. The molecule has 0 saturated heterocycles. The van der Waals surface area contributed by atoms with Gasteiger partial charge in [0.1, 0.15) is 15.0 Å². The standard InChI is InChI=1S/C15H16N4O3S2.3ClH/c1-19-8-13(18-9-19)10-3-11(22-2)5-12(4-10)24(20,21)15-7-17-14(6-16)23-15;;;/h3-5,7-9H,6,16H2,1-2H3;3*1H. The Morgan fingerprint density at radius 3 is 2.41 bits per heavy atom. The van der Waals surface area contributed by atoms with E-state index in [9.17, 15) is 8.42 Å². The van der Waals surface area contributed by atoms with Crippen molar-refractivity contribution in [3.8, 4) is 17.0 Å². The summed E-state index contributed by atoms with van der Waals surface area (Å²) < 4.78 is 32.9. The molecule has 0 unspecified atom stereocenters. The number of benzene rings is 1. The lowest BCUT2D eigenvalue weighted by Gasteiger charge is -2.08. The van der Waals surface area contributed by atoms with Crippen LogP contribution in [-0.2, 0) is 23.4 Å². The number of sulfone groups is 1. The fourth-order valence-corrected chi connectivity index (χ4v) is 4.70. The highest BCUT2D eigenvalue weighted by Crippen LogP contribution is 2.32. The number of ether oxygens (including phenoxy) is 1. The molecule has 12 heteroatoms. The van der Waals surface area contributed by atoms with Gasteiger partial charge in [-0.3, -0.25) is 0 Å². The molecule has 0 aliphatic heterocycles. The Hall–Kier alpha value is -1.36. The largest absolute Gasteiger partial charge is 0.497 e. The van der Waals surface area contributed by atoms with E-state index >= 15 is 0 Å². The van der Waals surface area contributed by atoms with Crippen LogP contribution in [0.25, 0.3) is 11.3 Å². The number of hydrogen-bond donors (Lipinski definition) is 1. The van der Waals surface area contributed by atoms with Crippen LogP contribution in [0.4, 0.5) is 0 Å². The second-order valence-corrected chi connectivity index (χ2v) is 8.39. The molecule has 1 aromatic carbocycles. The second-order valence-electron chi connectivity index (χ2n) is 5.10. The Kier molecular flexibility index (Phi) is 9.74. The summed E-state index contributed by atoms with van der Waals surface area (Å²) in [5.74, 6) is 0.445. The number of nitrogens with zero attached hydrogens (tertiary/aromatic N) is 3. The fraction of sp³-hybridized carbons (Fsp3) is 0.200. The summed E-state index contributed by atoms with van der Waals surface area (Å²) in [6.07, 6.45) is 4.80. The Bertz CT molecular complexity index is 990. The average molecular weight is 474 g/mol. The van der Waals surface area contributed by atoms with Crippen LogP contribution in [0.1, 0.15) is 5.01 Å². The van der Waals surface area contributed by atoms with Crippen molar-refractivity contribution in [1.29, 1.82) is 0 Å². The van der Waals surface area contributed by atoms with Crippen LogP contribution < -0.4 is 10.5 Å². The predicted octanol–water partition coefficient (Wildman–Crippen LogP) is 3.11. The molecule has 0 radical (unpaired) electrons. The van der Waals surface area contributed by atoms with E-state index in [1.165, 1.54) is 19.4 Å². The molecule has 0 fully saturated rings. The van der Waals surface area contributed by atoms with Gasteiger partial charge in [-0.05, 0) is 18.2 Å². The van der Waals surface area contributed by atoms with Crippen molar-refractivity contribution >= 4 is 58.4 Å².